The van der Waals surface area contributed by atoms with E-state index in [1.54, 1.807) is 28.9 Å². The lowest BCUT2D eigenvalue weighted by Crippen LogP contribution is -2.25. The van der Waals surface area contributed by atoms with Crippen LogP contribution < -0.4 is 5.32 Å². The predicted octanol–water partition coefficient (Wildman–Crippen LogP) is 1.74. The van der Waals surface area contributed by atoms with Gasteiger partial charge in [0.2, 0.25) is 5.65 Å². The van der Waals surface area contributed by atoms with Crippen LogP contribution in [0.5, 0.6) is 0 Å². The van der Waals surface area contributed by atoms with Gasteiger partial charge in [0.1, 0.15) is 5.82 Å². The Labute approximate surface area is 158 Å². The van der Waals surface area contributed by atoms with Crippen molar-refractivity contribution in [1.82, 2.24) is 19.6 Å². The highest BCUT2D eigenvalue weighted by Gasteiger charge is 2.40. The molecule has 3 aromatic rings. The molecule has 7 nitrogen and oxygen atoms in total. The second-order valence-corrected chi connectivity index (χ2v) is 8.16. The summed E-state index contributed by atoms with van der Waals surface area (Å²) in [6.45, 7) is 0. The van der Waals surface area contributed by atoms with Crippen molar-refractivity contribution in [3.05, 3.63) is 53.9 Å². The predicted molar refractivity (Wildman–Crippen MR) is 99.2 cm³/mol. The molecular weight excluding hydrogens is 369 g/mol. The first kappa shape index (κ1) is 16.9. The van der Waals surface area contributed by atoms with E-state index < -0.39 is 12.2 Å². The van der Waals surface area contributed by atoms with Crippen molar-refractivity contribution in [2.24, 2.45) is 0 Å². The Morgan fingerprint density at radius 1 is 1.26 bits per heavy atom. The Kier molecular flexibility index (Phi) is 4.03. The van der Waals surface area contributed by atoms with Crippen LogP contribution in [0.15, 0.2) is 36.7 Å². The lowest BCUT2D eigenvalue weighted by molar-refractivity contribution is 0.0404. The van der Waals surface area contributed by atoms with Crippen molar-refractivity contribution in [1.29, 1.82) is 0 Å². The maximum atomic E-state index is 13.4. The molecule has 2 fully saturated rings. The number of nitrogens with one attached hydrogen (secondary N) is 1. The number of benzene rings is 1. The third kappa shape index (κ3) is 2.95. The van der Waals surface area contributed by atoms with E-state index in [1.165, 1.54) is 17.8 Å². The van der Waals surface area contributed by atoms with Crippen LogP contribution in [0.3, 0.4) is 0 Å². The number of fused-ring (bicyclic) bond motifs is 1. The maximum absolute atomic E-state index is 13.4. The molecule has 27 heavy (non-hydrogen) atoms. The van der Waals surface area contributed by atoms with Gasteiger partial charge in [-0.3, -0.25) is 4.40 Å². The average Bonchev–Trinajstić information content (AvgIpc) is 3.17. The summed E-state index contributed by atoms with van der Waals surface area (Å²) in [5.41, 5.74) is 1.55. The second-order valence-electron chi connectivity index (χ2n) is 6.99. The second kappa shape index (κ2) is 6.43. The Hall–Kier alpha value is -2.23. The van der Waals surface area contributed by atoms with Gasteiger partial charge in [-0.1, -0.05) is 12.1 Å². The molecule has 1 aliphatic heterocycles. The quantitative estimate of drug-likeness (QED) is 0.628. The van der Waals surface area contributed by atoms with Crippen LogP contribution in [0, 0.1) is 5.82 Å². The normalized spacial score (nSPS) is 30.0. The standard InChI is InChI=1S/C18H18FN5O2S/c19-10-3-1-2-9(6-10)11-7-12(11)21-16-18-23-22-17(24(18)5-4-20-16)15-14(26)13(25)8-27-15/h1-6,11-15,25-26H,7-8H2,(H,20,21)/t11?,12?,13-,14-,15-/m1/s1. The van der Waals surface area contributed by atoms with Crippen LogP contribution >= 0.6 is 11.8 Å². The van der Waals surface area contributed by atoms with E-state index in [0.717, 1.165) is 12.0 Å². The molecule has 140 valence electrons. The molecule has 5 atom stereocenters. The molecule has 9 heteroatoms. The zero-order chi connectivity index (χ0) is 18.5. The van der Waals surface area contributed by atoms with E-state index in [-0.39, 0.29) is 23.0 Å². The Balaban J connectivity index is 1.39. The molecule has 1 saturated heterocycles. The summed E-state index contributed by atoms with van der Waals surface area (Å²) in [5.74, 6) is 1.69. The number of aliphatic hydroxyl groups is 2. The average molecular weight is 387 g/mol. The Bertz CT molecular complexity index is 999. The third-order valence-corrected chi connectivity index (χ3v) is 6.53. The monoisotopic (exact) mass is 387 g/mol. The van der Waals surface area contributed by atoms with Gasteiger partial charge in [0.15, 0.2) is 11.6 Å². The third-order valence-electron chi connectivity index (χ3n) is 5.15. The molecule has 2 aliphatic rings. The first-order valence-corrected chi connectivity index (χ1v) is 9.86. The lowest BCUT2D eigenvalue weighted by atomic mass is 10.1. The van der Waals surface area contributed by atoms with E-state index >= 15 is 0 Å². The van der Waals surface area contributed by atoms with Crippen LogP contribution in [0.1, 0.15) is 29.0 Å². The van der Waals surface area contributed by atoms with E-state index in [2.05, 4.69) is 20.5 Å². The fourth-order valence-corrected chi connectivity index (χ4v) is 4.89. The van der Waals surface area contributed by atoms with Crippen molar-refractivity contribution < 1.29 is 14.6 Å². The van der Waals surface area contributed by atoms with Gasteiger partial charge < -0.3 is 15.5 Å². The number of rotatable bonds is 4. The highest BCUT2D eigenvalue weighted by molar-refractivity contribution is 7.99. The maximum Gasteiger partial charge on any atom is 0.203 e. The van der Waals surface area contributed by atoms with Crippen molar-refractivity contribution in [2.75, 3.05) is 11.1 Å². The number of hydrogen-bond acceptors (Lipinski definition) is 7. The molecule has 3 heterocycles. The van der Waals surface area contributed by atoms with Gasteiger partial charge in [0, 0.05) is 30.1 Å². The van der Waals surface area contributed by atoms with Gasteiger partial charge in [-0.25, -0.2) is 9.37 Å². The van der Waals surface area contributed by atoms with Gasteiger partial charge in [-0.2, -0.15) is 0 Å². The van der Waals surface area contributed by atoms with Crippen LogP contribution in [0.4, 0.5) is 10.2 Å². The lowest BCUT2D eigenvalue weighted by Gasteiger charge is -2.13. The van der Waals surface area contributed by atoms with E-state index in [0.29, 0.717) is 23.0 Å². The highest BCUT2D eigenvalue weighted by atomic mass is 32.2. The molecule has 2 unspecified atom stereocenters. The summed E-state index contributed by atoms with van der Waals surface area (Å²) in [6, 6.07) is 6.84. The minimum atomic E-state index is -0.868. The molecular formula is C18H18FN5O2S. The molecule has 0 spiro atoms. The topological polar surface area (TPSA) is 95.6 Å². The molecule has 0 radical (unpaired) electrons. The zero-order valence-corrected chi connectivity index (χ0v) is 15.1. The molecule has 0 amide bonds. The number of thioether (sulfide) groups is 1. The first-order chi connectivity index (χ1) is 13.1. The minimum absolute atomic E-state index is 0.166. The summed E-state index contributed by atoms with van der Waals surface area (Å²) in [4.78, 5) is 4.38. The number of halogens is 1. The zero-order valence-electron chi connectivity index (χ0n) is 14.2. The molecule has 5 rings (SSSR count). The number of aromatic nitrogens is 4. The van der Waals surface area contributed by atoms with Crippen LogP contribution in [-0.2, 0) is 0 Å². The highest BCUT2D eigenvalue weighted by Crippen LogP contribution is 2.43. The van der Waals surface area contributed by atoms with E-state index in [1.807, 2.05) is 6.07 Å². The minimum Gasteiger partial charge on any atom is -0.390 e. The smallest absolute Gasteiger partial charge is 0.203 e. The van der Waals surface area contributed by atoms with Gasteiger partial charge in [-0.15, -0.1) is 22.0 Å². The van der Waals surface area contributed by atoms with Crippen molar-refractivity contribution >= 4 is 23.2 Å². The number of nitrogens with zero attached hydrogens (tertiary/aromatic N) is 4. The largest absolute Gasteiger partial charge is 0.390 e. The number of aliphatic hydroxyl groups excluding tert-OH is 2. The van der Waals surface area contributed by atoms with E-state index in [9.17, 15) is 14.6 Å². The van der Waals surface area contributed by atoms with Crippen LogP contribution in [0.2, 0.25) is 0 Å². The molecule has 1 saturated carbocycles. The molecule has 1 aliphatic carbocycles. The Morgan fingerprint density at radius 3 is 2.93 bits per heavy atom. The van der Waals surface area contributed by atoms with Gasteiger partial charge in [-0.05, 0) is 24.1 Å². The molecule has 2 aromatic heterocycles. The van der Waals surface area contributed by atoms with Gasteiger partial charge in [0.05, 0.1) is 17.5 Å². The van der Waals surface area contributed by atoms with Crippen molar-refractivity contribution in [3.63, 3.8) is 0 Å². The van der Waals surface area contributed by atoms with Crippen LogP contribution in [0.25, 0.3) is 5.65 Å². The fraction of sp³-hybridized carbons (Fsp3) is 0.389. The summed E-state index contributed by atoms with van der Waals surface area (Å²) >= 11 is 1.46. The summed E-state index contributed by atoms with van der Waals surface area (Å²) in [5, 5.41) is 31.5. The molecule has 0 bridgehead atoms. The van der Waals surface area contributed by atoms with Crippen molar-refractivity contribution in [3.8, 4) is 0 Å². The van der Waals surface area contributed by atoms with Crippen molar-refractivity contribution in [2.45, 2.75) is 35.8 Å². The van der Waals surface area contributed by atoms with Crippen LogP contribution in [-0.4, -0.2) is 53.8 Å². The number of anilines is 1. The summed E-state index contributed by atoms with van der Waals surface area (Å²) < 4.78 is 15.2. The Morgan fingerprint density at radius 2 is 2.15 bits per heavy atom. The van der Waals surface area contributed by atoms with Gasteiger partial charge in [0.25, 0.3) is 0 Å². The van der Waals surface area contributed by atoms with E-state index in [4.69, 9.17) is 0 Å². The molecule has 1 aromatic carbocycles. The summed E-state index contributed by atoms with van der Waals surface area (Å²) in [6.07, 6.45) is 2.68. The first-order valence-electron chi connectivity index (χ1n) is 8.81. The summed E-state index contributed by atoms with van der Waals surface area (Å²) in [7, 11) is 0. The number of hydrogen-bond donors (Lipinski definition) is 3. The van der Waals surface area contributed by atoms with Gasteiger partial charge >= 0.3 is 0 Å². The molecule has 3 N–H and O–H groups in total. The fourth-order valence-electron chi connectivity index (χ4n) is 3.60. The SMILES string of the molecule is O[C@@H]1[C@H](O)CS[C@H]1c1nnc2c(NC3CC3c3cccc(F)c3)nccn12.